The van der Waals surface area contributed by atoms with Crippen molar-refractivity contribution in [1.82, 2.24) is 4.57 Å². The first-order valence-electron chi connectivity index (χ1n) is 8.52. The van der Waals surface area contributed by atoms with E-state index in [9.17, 15) is 9.59 Å². The van der Waals surface area contributed by atoms with Crippen molar-refractivity contribution in [3.8, 4) is 11.5 Å². The van der Waals surface area contributed by atoms with E-state index in [0.29, 0.717) is 22.7 Å². The van der Waals surface area contributed by atoms with Gasteiger partial charge in [0.15, 0.2) is 11.5 Å². The van der Waals surface area contributed by atoms with Gasteiger partial charge in [-0.05, 0) is 30.7 Å². The van der Waals surface area contributed by atoms with E-state index in [-0.39, 0.29) is 11.7 Å². The molecule has 0 aliphatic heterocycles. The highest BCUT2D eigenvalue weighted by molar-refractivity contribution is 6.12. The molecule has 0 aliphatic rings. The van der Waals surface area contributed by atoms with Crippen LogP contribution < -0.4 is 9.47 Å². The van der Waals surface area contributed by atoms with E-state index in [1.165, 1.54) is 24.7 Å². The molecule has 0 atom stereocenters. The highest BCUT2D eigenvalue weighted by Gasteiger charge is 2.19. The second kappa shape index (κ2) is 7.50. The monoisotopic (exact) mass is 363 g/mol. The third-order valence-corrected chi connectivity index (χ3v) is 4.38. The van der Waals surface area contributed by atoms with Gasteiger partial charge in [-0.1, -0.05) is 35.9 Å². The topological polar surface area (TPSA) is 57.5 Å². The van der Waals surface area contributed by atoms with Gasteiger partial charge in [0, 0.05) is 18.4 Å². The zero-order chi connectivity index (χ0) is 19.6. The van der Waals surface area contributed by atoms with Crippen molar-refractivity contribution in [3.63, 3.8) is 0 Å². The van der Waals surface area contributed by atoms with Crippen molar-refractivity contribution < 1.29 is 19.1 Å². The van der Waals surface area contributed by atoms with Crippen molar-refractivity contribution >= 4 is 28.7 Å². The Hall–Kier alpha value is -3.34. The first-order valence-corrected chi connectivity index (χ1v) is 8.52. The van der Waals surface area contributed by atoms with Gasteiger partial charge in [-0.2, -0.15) is 0 Å². The van der Waals surface area contributed by atoms with Crippen LogP contribution in [0.2, 0.25) is 0 Å². The van der Waals surface area contributed by atoms with Crippen LogP contribution in [0.25, 0.3) is 17.0 Å². The van der Waals surface area contributed by atoms with Crippen LogP contribution in [-0.4, -0.2) is 30.5 Å². The number of aromatic nitrogens is 1. The van der Waals surface area contributed by atoms with Crippen LogP contribution in [0.1, 0.15) is 33.3 Å². The first kappa shape index (κ1) is 18.5. The maximum atomic E-state index is 12.8. The summed E-state index contributed by atoms with van der Waals surface area (Å²) >= 11 is 0. The number of methoxy groups -OCH3 is 2. The number of benzene rings is 2. The molecule has 1 heterocycles. The minimum atomic E-state index is -0.250. The molecular weight excluding hydrogens is 342 g/mol. The van der Waals surface area contributed by atoms with Gasteiger partial charge >= 0.3 is 0 Å². The Balaban J connectivity index is 2.07. The van der Waals surface area contributed by atoms with Crippen LogP contribution in [0, 0.1) is 6.92 Å². The molecule has 0 bridgehead atoms. The fourth-order valence-corrected chi connectivity index (χ4v) is 2.99. The number of rotatable bonds is 5. The normalized spacial score (nSPS) is 11.1. The molecule has 5 nitrogen and oxygen atoms in total. The summed E-state index contributed by atoms with van der Waals surface area (Å²) in [6.07, 6.45) is 3.22. The lowest BCUT2D eigenvalue weighted by atomic mass is 10.1. The van der Waals surface area contributed by atoms with E-state index in [1.54, 1.807) is 31.4 Å². The molecule has 0 fully saturated rings. The number of carbonyl (C=O) groups excluding carboxylic acids is 2. The second-order valence-electron chi connectivity index (χ2n) is 6.26. The lowest BCUT2D eigenvalue weighted by Gasteiger charge is -2.09. The van der Waals surface area contributed by atoms with E-state index in [0.717, 1.165) is 16.5 Å². The van der Waals surface area contributed by atoms with Crippen molar-refractivity contribution in [2.75, 3.05) is 14.2 Å². The number of aryl methyl sites for hydroxylation is 1. The molecule has 27 heavy (non-hydrogen) atoms. The van der Waals surface area contributed by atoms with E-state index in [1.807, 2.05) is 31.2 Å². The summed E-state index contributed by atoms with van der Waals surface area (Å²) in [5, 5.41) is 0.731. The Labute approximate surface area is 157 Å². The van der Waals surface area contributed by atoms with Crippen LogP contribution in [0.3, 0.4) is 0 Å². The third-order valence-electron chi connectivity index (χ3n) is 4.38. The summed E-state index contributed by atoms with van der Waals surface area (Å²) < 4.78 is 12.0. The van der Waals surface area contributed by atoms with Gasteiger partial charge in [-0.25, -0.2) is 0 Å². The van der Waals surface area contributed by atoms with Crippen molar-refractivity contribution in [2.24, 2.45) is 0 Å². The molecule has 2 aromatic carbocycles. The van der Waals surface area contributed by atoms with Crippen LogP contribution >= 0.6 is 0 Å². The Morgan fingerprint density at radius 3 is 2.19 bits per heavy atom. The average molecular weight is 363 g/mol. The number of nitrogens with zero attached hydrogens (tertiary/aromatic N) is 1. The molecular formula is C22H21NO4. The van der Waals surface area contributed by atoms with Crippen LogP contribution in [0.5, 0.6) is 11.5 Å². The minimum absolute atomic E-state index is 0.246. The van der Waals surface area contributed by atoms with Gasteiger partial charge in [0.2, 0.25) is 11.7 Å². The summed E-state index contributed by atoms with van der Waals surface area (Å²) in [6, 6.07) is 13.0. The largest absolute Gasteiger partial charge is 0.493 e. The quantitative estimate of drug-likeness (QED) is 0.494. The number of carbonyl (C=O) groups is 2. The first-order chi connectivity index (χ1) is 12.9. The van der Waals surface area contributed by atoms with Gasteiger partial charge in [-0.15, -0.1) is 0 Å². The Morgan fingerprint density at radius 2 is 1.59 bits per heavy atom. The minimum Gasteiger partial charge on any atom is -0.493 e. The summed E-state index contributed by atoms with van der Waals surface area (Å²) in [5.41, 5.74) is 2.98. The third kappa shape index (κ3) is 3.62. The predicted molar refractivity (Wildman–Crippen MR) is 106 cm³/mol. The molecule has 3 rings (SSSR count). The van der Waals surface area contributed by atoms with Gasteiger partial charge in [0.05, 0.1) is 25.4 Å². The van der Waals surface area contributed by atoms with Crippen LogP contribution in [0.15, 0.2) is 48.5 Å². The Kier molecular flexibility index (Phi) is 5.12. The Bertz CT molecular complexity index is 1040. The number of ether oxygens (including phenoxy) is 2. The maximum Gasteiger partial charge on any atom is 0.228 e. The number of hydrogen-bond donors (Lipinski definition) is 0. The van der Waals surface area contributed by atoms with Gasteiger partial charge in [-0.3, -0.25) is 14.2 Å². The zero-order valence-electron chi connectivity index (χ0n) is 15.8. The molecule has 0 amide bonds. The van der Waals surface area contributed by atoms with Crippen molar-refractivity contribution in [1.29, 1.82) is 0 Å². The highest BCUT2D eigenvalue weighted by Crippen LogP contribution is 2.34. The van der Waals surface area contributed by atoms with Crippen molar-refractivity contribution in [2.45, 2.75) is 13.8 Å². The van der Waals surface area contributed by atoms with Gasteiger partial charge in [0.25, 0.3) is 0 Å². The molecule has 5 heteroatoms. The summed E-state index contributed by atoms with van der Waals surface area (Å²) in [5.74, 6) is 0.545. The molecule has 138 valence electrons. The average Bonchev–Trinajstić information content (AvgIpc) is 3.04. The fourth-order valence-electron chi connectivity index (χ4n) is 2.99. The number of ketones is 1. The van der Waals surface area contributed by atoms with E-state index in [4.69, 9.17) is 9.47 Å². The number of hydrogen-bond acceptors (Lipinski definition) is 4. The lowest BCUT2D eigenvalue weighted by Crippen LogP contribution is -2.12. The SMILES string of the molecule is COc1cc2cc(C(=O)C=Cc3ccc(C)cc3)n(C(C)=O)c2cc1OC. The van der Waals surface area contributed by atoms with Gasteiger partial charge in [0.1, 0.15) is 0 Å². The molecule has 0 unspecified atom stereocenters. The Morgan fingerprint density at radius 1 is 0.963 bits per heavy atom. The van der Waals surface area contributed by atoms with Gasteiger partial charge < -0.3 is 9.47 Å². The van der Waals surface area contributed by atoms with E-state index >= 15 is 0 Å². The second-order valence-corrected chi connectivity index (χ2v) is 6.26. The highest BCUT2D eigenvalue weighted by atomic mass is 16.5. The summed E-state index contributed by atoms with van der Waals surface area (Å²) in [7, 11) is 3.07. The summed E-state index contributed by atoms with van der Waals surface area (Å²) in [6.45, 7) is 3.43. The molecule has 1 aromatic heterocycles. The van der Waals surface area contributed by atoms with E-state index < -0.39 is 0 Å². The number of fused-ring (bicyclic) bond motifs is 1. The molecule has 0 radical (unpaired) electrons. The molecule has 3 aromatic rings. The fraction of sp³-hybridized carbons (Fsp3) is 0.182. The smallest absolute Gasteiger partial charge is 0.228 e. The molecule has 0 N–H and O–H groups in total. The number of allylic oxidation sites excluding steroid dienone is 1. The van der Waals surface area contributed by atoms with Crippen LogP contribution in [0.4, 0.5) is 0 Å². The maximum absolute atomic E-state index is 12.8. The molecule has 0 saturated carbocycles. The van der Waals surface area contributed by atoms with Crippen molar-refractivity contribution in [3.05, 3.63) is 65.4 Å². The van der Waals surface area contributed by atoms with Crippen LogP contribution in [-0.2, 0) is 0 Å². The van der Waals surface area contributed by atoms with E-state index in [2.05, 4.69) is 0 Å². The zero-order valence-corrected chi connectivity index (χ0v) is 15.8. The lowest BCUT2D eigenvalue weighted by molar-refractivity contribution is 0.0920. The molecule has 0 aliphatic carbocycles. The molecule has 0 saturated heterocycles. The predicted octanol–water partition coefficient (Wildman–Crippen LogP) is 4.52. The standard InChI is InChI=1S/C22H21NO4/c1-14-5-7-16(8-6-14)9-10-20(25)19-11-17-12-21(26-3)22(27-4)13-18(17)23(19)15(2)24/h5-13H,1-4H3. The summed E-state index contributed by atoms with van der Waals surface area (Å²) in [4.78, 5) is 25.0. The molecule has 0 spiro atoms.